The lowest BCUT2D eigenvalue weighted by Gasteiger charge is -2.27. The van der Waals surface area contributed by atoms with Crippen molar-refractivity contribution in [1.29, 1.82) is 0 Å². The second-order valence-corrected chi connectivity index (χ2v) is 4.89. The molecule has 3 heteroatoms. The van der Waals surface area contributed by atoms with Gasteiger partial charge in [-0.05, 0) is 19.3 Å². The summed E-state index contributed by atoms with van der Waals surface area (Å²) in [5, 5.41) is 12.3. The second-order valence-electron chi connectivity index (χ2n) is 4.89. The van der Waals surface area contributed by atoms with Crippen molar-refractivity contribution in [3.63, 3.8) is 0 Å². The van der Waals surface area contributed by atoms with Crippen LogP contribution in [0.5, 0.6) is 0 Å². The van der Waals surface area contributed by atoms with Gasteiger partial charge in [0.15, 0.2) is 0 Å². The molecular formula is C12H23NO2. The van der Waals surface area contributed by atoms with Crippen molar-refractivity contribution < 1.29 is 9.90 Å². The molecule has 0 bridgehead atoms. The van der Waals surface area contributed by atoms with Crippen LogP contribution in [0.15, 0.2) is 0 Å². The highest BCUT2D eigenvalue weighted by atomic mass is 16.3. The van der Waals surface area contributed by atoms with E-state index >= 15 is 0 Å². The molecule has 0 aromatic heterocycles. The Hall–Kier alpha value is -0.570. The molecule has 1 aliphatic rings. The maximum atomic E-state index is 11.6. The Bertz CT molecular complexity index is 210. The van der Waals surface area contributed by atoms with Crippen molar-refractivity contribution in [2.24, 2.45) is 11.3 Å². The molecular weight excluding hydrogens is 190 g/mol. The highest BCUT2D eigenvalue weighted by Crippen LogP contribution is 2.36. The average molecular weight is 213 g/mol. The molecule has 3 nitrogen and oxygen atoms in total. The van der Waals surface area contributed by atoms with Crippen LogP contribution in [-0.4, -0.2) is 24.2 Å². The molecule has 0 aliphatic heterocycles. The van der Waals surface area contributed by atoms with E-state index in [4.69, 9.17) is 0 Å². The van der Waals surface area contributed by atoms with Gasteiger partial charge in [-0.2, -0.15) is 0 Å². The molecule has 1 rings (SSSR count). The zero-order valence-electron chi connectivity index (χ0n) is 9.88. The quantitative estimate of drug-likeness (QED) is 0.730. The molecule has 15 heavy (non-hydrogen) atoms. The minimum Gasteiger partial charge on any atom is -0.396 e. The van der Waals surface area contributed by atoms with Crippen molar-refractivity contribution in [2.75, 3.05) is 13.2 Å². The van der Waals surface area contributed by atoms with E-state index in [1.807, 2.05) is 13.8 Å². The first-order chi connectivity index (χ1) is 7.13. The van der Waals surface area contributed by atoms with Crippen molar-refractivity contribution in [3.8, 4) is 0 Å². The van der Waals surface area contributed by atoms with Gasteiger partial charge in [0.05, 0.1) is 6.61 Å². The van der Waals surface area contributed by atoms with Crippen LogP contribution in [-0.2, 0) is 4.79 Å². The highest BCUT2D eigenvalue weighted by molar-refractivity contribution is 5.78. The largest absolute Gasteiger partial charge is 0.396 e. The summed E-state index contributed by atoms with van der Waals surface area (Å²) in [6.07, 6.45) is 5.33. The van der Waals surface area contributed by atoms with E-state index in [1.54, 1.807) is 0 Å². The molecule has 2 N–H and O–H groups in total. The van der Waals surface area contributed by atoms with Gasteiger partial charge in [-0.15, -0.1) is 0 Å². The molecule has 1 fully saturated rings. The number of hydrogen-bond acceptors (Lipinski definition) is 2. The summed E-state index contributed by atoms with van der Waals surface area (Å²) in [6.45, 7) is 4.80. The summed E-state index contributed by atoms with van der Waals surface area (Å²) in [5.74, 6) is 0.208. The lowest BCUT2D eigenvalue weighted by molar-refractivity contribution is -0.125. The van der Waals surface area contributed by atoms with Gasteiger partial charge in [-0.1, -0.05) is 26.7 Å². The number of rotatable bonds is 5. The minimum absolute atomic E-state index is 0.0247. The normalized spacial score (nSPS) is 21.3. The molecule has 0 aromatic rings. The Morgan fingerprint density at radius 2 is 2.07 bits per heavy atom. The smallest absolute Gasteiger partial charge is 0.222 e. The fraction of sp³-hybridized carbons (Fsp3) is 0.917. The van der Waals surface area contributed by atoms with E-state index in [-0.39, 0.29) is 23.8 Å². The number of aliphatic hydroxyl groups excluding tert-OH is 1. The van der Waals surface area contributed by atoms with Crippen LogP contribution in [0.25, 0.3) is 0 Å². The maximum Gasteiger partial charge on any atom is 0.222 e. The van der Waals surface area contributed by atoms with Crippen molar-refractivity contribution in [2.45, 2.75) is 46.0 Å². The molecule has 1 unspecified atom stereocenters. The number of nitrogens with one attached hydrogen (secondary N) is 1. The topological polar surface area (TPSA) is 49.3 Å². The van der Waals surface area contributed by atoms with Crippen LogP contribution in [0.4, 0.5) is 0 Å². The van der Waals surface area contributed by atoms with Crippen molar-refractivity contribution in [1.82, 2.24) is 5.32 Å². The first-order valence-electron chi connectivity index (χ1n) is 6.02. The summed E-state index contributed by atoms with van der Waals surface area (Å²) in [4.78, 5) is 11.6. The SMILES string of the molecule is CCC(C)C(=O)NCC1(CO)CCCC1. The van der Waals surface area contributed by atoms with Crippen LogP contribution in [0, 0.1) is 11.3 Å². The van der Waals surface area contributed by atoms with Gasteiger partial charge in [0.2, 0.25) is 5.91 Å². The molecule has 1 saturated carbocycles. The number of carbonyl (C=O) groups is 1. The first kappa shape index (κ1) is 12.5. The molecule has 0 heterocycles. The van der Waals surface area contributed by atoms with E-state index in [0.29, 0.717) is 6.54 Å². The number of hydrogen-bond donors (Lipinski definition) is 2. The van der Waals surface area contributed by atoms with Gasteiger partial charge >= 0.3 is 0 Å². The Morgan fingerprint density at radius 3 is 2.53 bits per heavy atom. The highest BCUT2D eigenvalue weighted by Gasteiger charge is 2.33. The average Bonchev–Trinajstić information content (AvgIpc) is 2.74. The summed E-state index contributed by atoms with van der Waals surface area (Å²) in [5.41, 5.74) is -0.0247. The Morgan fingerprint density at radius 1 is 1.47 bits per heavy atom. The Kier molecular flexibility index (Phi) is 4.58. The molecule has 1 atom stereocenters. The van der Waals surface area contributed by atoms with Crippen LogP contribution in [0.3, 0.4) is 0 Å². The predicted octanol–water partition coefficient (Wildman–Crippen LogP) is 1.70. The Labute approximate surface area is 92.3 Å². The number of carbonyl (C=O) groups excluding carboxylic acids is 1. The van der Waals surface area contributed by atoms with E-state index in [2.05, 4.69) is 5.32 Å². The zero-order valence-corrected chi connectivity index (χ0v) is 9.88. The van der Waals surface area contributed by atoms with Crippen LogP contribution in [0.2, 0.25) is 0 Å². The van der Waals surface area contributed by atoms with Crippen molar-refractivity contribution in [3.05, 3.63) is 0 Å². The standard InChI is InChI=1S/C12H23NO2/c1-3-10(2)11(15)13-8-12(9-14)6-4-5-7-12/h10,14H,3-9H2,1-2H3,(H,13,15). The molecule has 1 amide bonds. The van der Waals surface area contributed by atoms with E-state index in [0.717, 1.165) is 19.3 Å². The summed E-state index contributed by atoms with van der Waals surface area (Å²) in [7, 11) is 0. The molecule has 0 saturated heterocycles. The molecule has 0 spiro atoms. The minimum atomic E-state index is -0.0247. The lowest BCUT2D eigenvalue weighted by Crippen LogP contribution is -2.40. The molecule has 1 aliphatic carbocycles. The molecule has 88 valence electrons. The fourth-order valence-corrected chi connectivity index (χ4v) is 2.15. The summed E-state index contributed by atoms with van der Waals surface area (Å²) in [6, 6.07) is 0. The van der Waals surface area contributed by atoms with Crippen LogP contribution >= 0.6 is 0 Å². The van der Waals surface area contributed by atoms with Crippen LogP contribution < -0.4 is 5.32 Å². The molecule has 0 aromatic carbocycles. The summed E-state index contributed by atoms with van der Waals surface area (Å²) >= 11 is 0. The molecule has 0 radical (unpaired) electrons. The van der Waals surface area contributed by atoms with E-state index < -0.39 is 0 Å². The van der Waals surface area contributed by atoms with Crippen molar-refractivity contribution >= 4 is 5.91 Å². The second kappa shape index (κ2) is 5.50. The Balaban J connectivity index is 2.37. The van der Waals surface area contributed by atoms with E-state index in [9.17, 15) is 9.90 Å². The third-order valence-electron chi connectivity index (χ3n) is 3.70. The predicted molar refractivity (Wildman–Crippen MR) is 60.5 cm³/mol. The van der Waals surface area contributed by atoms with Gasteiger partial charge in [-0.3, -0.25) is 4.79 Å². The van der Waals surface area contributed by atoms with Crippen LogP contribution in [0.1, 0.15) is 46.0 Å². The van der Waals surface area contributed by atoms with E-state index in [1.165, 1.54) is 12.8 Å². The fourth-order valence-electron chi connectivity index (χ4n) is 2.15. The maximum absolute atomic E-state index is 11.6. The van der Waals surface area contributed by atoms with Gasteiger partial charge in [-0.25, -0.2) is 0 Å². The van der Waals surface area contributed by atoms with Gasteiger partial charge in [0.25, 0.3) is 0 Å². The lowest BCUT2D eigenvalue weighted by atomic mass is 9.87. The number of aliphatic hydroxyl groups is 1. The van der Waals surface area contributed by atoms with Gasteiger partial charge < -0.3 is 10.4 Å². The number of amides is 1. The monoisotopic (exact) mass is 213 g/mol. The zero-order chi connectivity index (χ0) is 11.3. The van der Waals surface area contributed by atoms with Gasteiger partial charge in [0, 0.05) is 17.9 Å². The first-order valence-corrected chi connectivity index (χ1v) is 6.02. The van der Waals surface area contributed by atoms with Gasteiger partial charge in [0.1, 0.15) is 0 Å². The third kappa shape index (κ3) is 3.20. The third-order valence-corrected chi connectivity index (χ3v) is 3.70. The summed E-state index contributed by atoms with van der Waals surface area (Å²) < 4.78 is 0.